The minimum atomic E-state index is -4.52. The van der Waals surface area contributed by atoms with E-state index in [9.17, 15) is 22.8 Å². The van der Waals surface area contributed by atoms with Crippen LogP contribution in [0.1, 0.15) is 71.3 Å². The van der Waals surface area contributed by atoms with Gasteiger partial charge in [-0.3, -0.25) is 4.90 Å². The smallest absolute Gasteiger partial charge is 0.416 e. The molecule has 6 nitrogen and oxygen atoms in total. The number of methoxy groups -OCH3 is 2. The molecule has 1 aliphatic heterocycles. The van der Waals surface area contributed by atoms with E-state index >= 15 is 4.39 Å². The van der Waals surface area contributed by atoms with Gasteiger partial charge >= 0.3 is 18.2 Å². The summed E-state index contributed by atoms with van der Waals surface area (Å²) < 4.78 is 71.7. The van der Waals surface area contributed by atoms with Crippen molar-refractivity contribution in [3.8, 4) is 16.9 Å². The quantitative estimate of drug-likeness (QED) is 0.198. The highest BCUT2D eigenvalue weighted by molar-refractivity contribution is 5.90. The highest BCUT2D eigenvalue weighted by atomic mass is 19.4. The second-order valence-electron chi connectivity index (χ2n) is 11.2. The third-order valence-electron chi connectivity index (χ3n) is 8.32. The highest BCUT2D eigenvalue weighted by Gasteiger charge is 2.41. The Morgan fingerprint density at radius 3 is 2.43 bits per heavy atom. The summed E-state index contributed by atoms with van der Waals surface area (Å²) >= 11 is 0. The number of hydrogen-bond donors (Lipinski definition) is 0. The molecule has 0 radical (unpaired) electrons. The number of carbonyl (C=O) groups excluding carboxylic acids is 2. The molecule has 232 valence electrons. The van der Waals surface area contributed by atoms with Gasteiger partial charge in [-0.25, -0.2) is 14.0 Å². The summed E-state index contributed by atoms with van der Waals surface area (Å²) in [5.74, 6) is -0.626. The van der Waals surface area contributed by atoms with E-state index in [4.69, 9.17) is 14.2 Å². The number of aryl methyl sites for hydroxylation is 1. The van der Waals surface area contributed by atoms with Gasteiger partial charge in [0.15, 0.2) is 0 Å². The van der Waals surface area contributed by atoms with Crippen LogP contribution in [0.25, 0.3) is 16.7 Å². The van der Waals surface area contributed by atoms with Crippen molar-refractivity contribution >= 4 is 17.6 Å². The van der Waals surface area contributed by atoms with Gasteiger partial charge in [-0.15, -0.1) is 0 Å². The first kappa shape index (κ1) is 31.1. The molecular weight excluding hydrogens is 578 g/mol. The van der Waals surface area contributed by atoms with Crippen molar-refractivity contribution in [3.63, 3.8) is 0 Å². The standard InChI is InChI=1S/C34H33F4NO5/c1-19-13-24(15-25(14-19)34(36,37)38)31-20(2)39(33(41)44-31)18-23-7-5-6-8-26(23)28-16-21(10-12-30(28)42-3)27-11-9-22(17-29(27)35)32(40)43-4/h9-17,20,31H,5-8,18H2,1-4H3/t20-,31-/m0/s1. The van der Waals surface area contributed by atoms with Crippen molar-refractivity contribution in [1.29, 1.82) is 0 Å². The molecular formula is C34H33F4NO5. The highest BCUT2D eigenvalue weighted by Crippen LogP contribution is 2.42. The van der Waals surface area contributed by atoms with Crippen LogP contribution in [-0.4, -0.2) is 43.8 Å². The Bertz CT molecular complexity index is 1630. The summed E-state index contributed by atoms with van der Waals surface area (Å²) in [4.78, 5) is 26.5. The van der Waals surface area contributed by atoms with Gasteiger partial charge in [0.2, 0.25) is 0 Å². The number of cyclic esters (lactones) is 1. The zero-order chi connectivity index (χ0) is 31.8. The predicted octanol–water partition coefficient (Wildman–Crippen LogP) is 8.52. The zero-order valence-corrected chi connectivity index (χ0v) is 24.9. The Kier molecular flexibility index (Phi) is 8.72. The van der Waals surface area contributed by atoms with E-state index in [0.29, 0.717) is 40.8 Å². The number of esters is 1. The minimum absolute atomic E-state index is 0.102. The summed E-state index contributed by atoms with van der Waals surface area (Å²) in [6.45, 7) is 3.59. The molecule has 0 unspecified atom stereocenters. The SMILES string of the molecule is COC(=O)c1ccc(-c2ccc(OC)c(C3=C(CN4C(=O)O[C@H](c5cc(C)cc(C(F)(F)F)c5)[C@@H]4C)CCCC3)c2)c(F)c1. The Morgan fingerprint density at radius 2 is 1.75 bits per heavy atom. The molecule has 1 saturated heterocycles. The molecule has 0 bridgehead atoms. The number of benzene rings is 3. The third kappa shape index (κ3) is 6.16. The number of amides is 1. The predicted molar refractivity (Wildman–Crippen MR) is 157 cm³/mol. The molecule has 1 fully saturated rings. The summed E-state index contributed by atoms with van der Waals surface area (Å²) in [5.41, 5.74) is 3.65. The number of halogens is 4. The van der Waals surface area contributed by atoms with Crippen LogP contribution in [0.3, 0.4) is 0 Å². The lowest BCUT2D eigenvalue weighted by Crippen LogP contribution is -2.34. The van der Waals surface area contributed by atoms with Gasteiger partial charge < -0.3 is 14.2 Å². The van der Waals surface area contributed by atoms with Crippen LogP contribution in [0.15, 0.2) is 60.2 Å². The molecule has 0 saturated carbocycles. The van der Waals surface area contributed by atoms with Crippen molar-refractivity contribution in [2.75, 3.05) is 20.8 Å². The van der Waals surface area contributed by atoms with E-state index in [2.05, 4.69) is 0 Å². The molecule has 0 N–H and O–H groups in total. The van der Waals surface area contributed by atoms with E-state index in [-0.39, 0.29) is 12.1 Å². The van der Waals surface area contributed by atoms with E-state index in [1.807, 2.05) is 6.07 Å². The van der Waals surface area contributed by atoms with Gasteiger partial charge in [0.1, 0.15) is 17.7 Å². The lowest BCUT2D eigenvalue weighted by Gasteiger charge is -2.28. The summed E-state index contributed by atoms with van der Waals surface area (Å²) in [7, 11) is 2.78. The first-order valence-electron chi connectivity index (χ1n) is 14.3. The molecule has 0 aromatic heterocycles. The largest absolute Gasteiger partial charge is 0.496 e. The van der Waals surface area contributed by atoms with Gasteiger partial charge in [0.25, 0.3) is 0 Å². The number of hydrogen-bond acceptors (Lipinski definition) is 5. The number of allylic oxidation sites excluding steroid dienone is 1. The van der Waals surface area contributed by atoms with Gasteiger partial charge in [0.05, 0.1) is 31.4 Å². The third-order valence-corrected chi connectivity index (χ3v) is 8.32. The van der Waals surface area contributed by atoms with Crippen LogP contribution in [0.2, 0.25) is 0 Å². The Hall–Kier alpha value is -4.34. The van der Waals surface area contributed by atoms with Crippen molar-refractivity contribution < 1.29 is 41.4 Å². The van der Waals surface area contributed by atoms with Gasteiger partial charge in [-0.1, -0.05) is 23.8 Å². The fourth-order valence-electron chi connectivity index (χ4n) is 6.08. The van der Waals surface area contributed by atoms with Crippen LogP contribution in [-0.2, 0) is 15.7 Å². The van der Waals surface area contributed by atoms with Gasteiger partial charge in [-0.05, 0) is 98.2 Å². The fraction of sp³-hybridized carbons (Fsp3) is 0.353. The molecule has 44 heavy (non-hydrogen) atoms. The number of alkyl halides is 3. The second kappa shape index (κ2) is 12.3. The number of carbonyl (C=O) groups is 2. The first-order chi connectivity index (χ1) is 20.9. The molecule has 1 amide bonds. The van der Waals surface area contributed by atoms with Crippen molar-refractivity contribution in [2.45, 2.75) is 57.9 Å². The Labute approximate surface area is 253 Å². The molecule has 2 aliphatic rings. The average molecular weight is 612 g/mol. The van der Waals surface area contributed by atoms with Crippen LogP contribution in [0.4, 0.5) is 22.4 Å². The van der Waals surface area contributed by atoms with E-state index in [0.717, 1.165) is 47.8 Å². The molecule has 1 aliphatic carbocycles. The van der Waals surface area contributed by atoms with E-state index in [1.54, 1.807) is 44.1 Å². The number of ether oxygens (including phenoxy) is 3. The maximum Gasteiger partial charge on any atom is 0.416 e. The fourth-order valence-corrected chi connectivity index (χ4v) is 6.08. The number of nitrogens with zero attached hydrogens (tertiary/aromatic N) is 1. The lowest BCUT2D eigenvalue weighted by molar-refractivity contribution is -0.137. The maximum absolute atomic E-state index is 15.1. The zero-order valence-electron chi connectivity index (χ0n) is 24.9. The molecule has 1 heterocycles. The maximum atomic E-state index is 15.1. The van der Waals surface area contributed by atoms with E-state index < -0.39 is 41.8 Å². The van der Waals surface area contributed by atoms with E-state index in [1.165, 1.54) is 19.2 Å². The van der Waals surface area contributed by atoms with Crippen molar-refractivity contribution in [2.24, 2.45) is 0 Å². The molecule has 0 spiro atoms. The molecule has 3 aromatic carbocycles. The normalized spacial score (nSPS) is 18.8. The van der Waals surface area contributed by atoms with Crippen LogP contribution in [0, 0.1) is 12.7 Å². The summed E-state index contributed by atoms with van der Waals surface area (Å²) in [5, 5.41) is 0. The monoisotopic (exact) mass is 611 g/mol. The second-order valence-corrected chi connectivity index (χ2v) is 11.2. The number of rotatable bonds is 7. The Balaban J connectivity index is 1.48. The topological polar surface area (TPSA) is 65.1 Å². The van der Waals surface area contributed by atoms with Crippen LogP contribution in [0.5, 0.6) is 5.75 Å². The molecule has 5 rings (SSSR count). The first-order valence-corrected chi connectivity index (χ1v) is 14.3. The van der Waals surface area contributed by atoms with Crippen LogP contribution < -0.4 is 4.74 Å². The minimum Gasteiger partial charge on any atom is -0.496 e. The van der Waals surface area contributed by atoms with Crippen LogP contribution >= 0.6 is 0 Å². The lowest BCUT2D eigenvalue weighted by atomic mass is 9.85. The molecule has 10 heteroatoms. The molecule has 2 atom stereocenters. The Morgan fingerprint density at radius 1 is 1.00 bits per heavy atom. The van der Waals surface area contributed by atoms with Gasteiger partial charge in [-0.2, -0.15) is 13.2 Å². The molecule has 3 aromatic rings. The average Bonchev–Trinajstić information content (AvgIpc) is 3.28. The van der Waals surface area contributed by atoms with Gasteiger partial charge in [0, 0.05) is 17.7 Å². The van der Waals surface area contributed by atoms with Crippen molar-refractivity contribution in [3.05, 3.63) is 93.8 Å². The summed E-state index contributed by atoms with van der Waals surface area (Å²) in [6.07, 6.45) is -2.76. The van der Waals surface area contributed by atoms with Crippen molar-refractivity contribution in [1.82, 2.24) is 4.90 Å². The summed E-state index contributed by atoms with van der Waals surface area (Å²) in [6, 6.07) is 12.7.